The lowest BCUT2D eigenvalue weighted by atomic mass is 9.96. The van der Waals surface area contributed by atoms with Crippen LogP contribution < -0.4 is 5.32 Å². The molecule has 1 N–H and O–H groups in total. The summed E-state index contributed by atoms with van der Waals surface area (Å²) in [7, 11) is 0. The fourth-order valence-corrected chi connectivity index (χ4v) is 2.71. The van der Waals surface area contributed by atoms with Crippen LogP contribution in [0.3, 0.4) is 0 Å². The van der Waals surface area contributed by atoms with Gasteiger partial charge in [0.05, 0.1) is 11.1 Å². The maximum absolute atomic E-state index is 14.3. The van der Waals surface area contributed by atoms with Crippen molar-refractivity contribution in [2.45, 2.75) is 19.9 Å². The van der Waals surface area contributed by atoms with Gasteiger partial charge in [0.2, 0.25) is 0 Å². The molecule has 5 heteroatoms. The van der Waals surface area contributed by atoms with Crippen LogP contribution in [0.1, 0.15) is 29.7 Å². The van der Waals surface area contributed by atoms with E-state index < -0.39 is 0 Å². The predicted molar refractivity (Wildman–Crippen MR) is 85.8 cm³/mol. The highest BCUT2D eigenvalue weighted by Crippen LogP contribution is 2.32. The summed E-state index contributed by atoms with van der Waals surface area (Å²) in [4.78, 5) is 0. The fraction of sp³-hybridized carbons (Fsp3) is 0.250. The minimum absolute atomic E-state index is 0.275. The van der Waals surface area contributed by atoms with Crippen LogP contribution in [-0.4, -0.2) is 6.54 Å². The molecule has 1 nitrogen and oxygen atoms in total. The molecule has 0 spiro atoms. The van der Waals surface area contributed by atoms with Crippen molar-refractivity contribution in [2.24, 2.45) is 0 Å². The molecule has 0 aliphatic carbocycles. The van der Waals surface area contributed by atoms with Crippen LogP contribution in [0.4, 0.5) is 8.78 Å². The van der Waals surface area contributed by atoms with Crippen molar-refractivity contribution < 1.29 is 8.78 Å². The van der Waals surface area contributed by atoms with E-state index in [1.54, 1.807) is 25.1 Å². The highest BCUT2D eigenvalue weighted by molar-refractivity contribution is 9.10. The number of hydrogen-bond acceptors (Lipinski definition) is 1. The first-order chi connectivity index (χ1) is 9.93. The van der Waals surface area contributed by atoms with Crippen LogP contribution in [0, 0.1) is 18.6 Å². The van der Waals surface area contributed by atoms with Crippen LogP contribution in [0.2, 0.25) is 5.02 Å². The Labute approximate surface area is 136 Å². The van der Waals surface area contributed by atoms with Gasteiger partial charge in [0, 0.05) is 10.0 Å². The molecule has 0 heterocycles. The molecule has 2 rings (SSSR count). The SMILES string of the molecule is CCNC(c1ccc(F)c(C)c1)c1cc(Cl)c(Br)cc1F. The first-order valence-electron chi connectivity index (χ1n) is 6.58. The molecule has 2 aromatic rings. The summed E-state index contributed by atoms with van der Waals surface area (Å²) < 4.78 is 28.2. The second-order valence-corrected chi connectivity index (χ2v) is 6.05. The Bertz CT molecular complexity index is 661. The maximum atomic E-state index is 14.3. The summed E-state index contributed by atoms with van der Waals surface area (Å²) in [5, 5.41) is 3.65. The zero-order valence-electron chi connectivity index (χ0n) is 11.7. The average molecular weight is 375 g/mol. The maximum Gasteiger partial charge on any atom is 0.129 e. The minimum atomic E-state index is -0.375. The lowest BCUT2D eigenvalue weighted by molar-refractivity contribution is 0.556. The van der Waals surface area contributed by atoms with Gasteiger partial charge in [-0.1, -0.05) is 30.7 Å². The van der Waals surface area contributed by atoms with Crippen molar-refractivity contribution >= 4 is 27.5 Å². The van der Waals surface area contributed by atoms with Crippen molar-refractivity contribution in [1.29, 1.82) is 0 Å². The number of rotatable bonds is 4. The smallest absolute Gasteiger partial charge is 0.129 e. The molecule has 0 saturated carbocycles. The molecule has 1 atom stereocenters. The topological polar surface area (TPSA) is 12.0 Å². The Morgan fingerprint density at radius 2 is 1.90 bits per heavy atom. The summed E-state index contributed by atoms with van der Waals surface area (Å²) in [6.45, 7) is 4.27. The second kappa shape index (κ2) is 6.86. The number of benzene rings is 2. The largest absolute Gasteiger partial charge is 0.306 e. The van der Waals surface area contributed by atoms with Gasteiger partial charge in [-0.2, -0.15) is 0 Å². The summed E-state index contributed by atoms with van der Waals surface area (Å²) in [5.41, 5.74) is 1.77. The van der Waals surface area contributed by atoms with E-state index >= 15 is 0 Å². The van der Waals surface area contributed by atoms with Crippen LogP contribution in [0.25, 0.3) is 0 Å². The molecule has 0 saturated heterocycles. The van der Waals surface area contributed by atoms with E-state index in [2.05, 4.69) is 21.2 Å². The Morgan fingerprint density at radius 3 is 2.52 bits per heavy atom. The third-order valence-corrected chi connectivity index (χ3v) is 4.47. The predicted octanol–water partition coefficient (Wildman–Crippen LogP) is 5.39. The van der Waals surface area contributed by atoms with Crippen LogP contribution in [-0.2, 0) is 0 Å². The van der Waals surface area contributed by atoms with Gasteiger partial charge in [-0.3, -0.25) is 0 Å². The van der Waals surface area contributed by atoms with E-state index in [0.717, 1.165) is 5.56 Å². The van der Waals surface area contributed by atoms with Gasteiger partial charge in [-0.25, -0.2) is 8.78 Å². The average Bonchev–Trinajstić information content (AvgIpc) is 2.44. The molecule has 21 heavy (non-hydrogen) atoms. The number of halogens is 4. The number of nitrogens with one attached hydrogen (secondary N) is 1. The number of hydrogen-bond donors (Lipinski definition) is 1. The zero-order valence-corrected chi connectivity index (χ0v) is 14.0. The van der Waals surface area contributed by atoms with E-state index in [0.29, 0.717) is 27.2 Å². The summed E-state index contributed by atoms with van der Waals surface area (Å²) in [6.07, 6.45) is 0. The molecular formula is C16H15BrClF2N. The molecule has 0 radical (unpaired) electrons. The Morgan fingerprint density at radius 1 is 1.19 bits per heavy atom. The molecule has 0 fully saturated rings. The normalized spacial score (nSPS) is 12.5. The molecule has 0 amide bonds. The van der Waals surface area contributed by atoms with Crippen molar-refractivity contribution in [2.75, 3.05) is 6.54 Å². The Balaban J connectivity index is 2.52. The van der Waals surface area contributed by atoms with Gasteiger partial charge in [0.15, 0.2) is 0 Å². The van der Waals surface area contributed by atoms with E-state index in [1.165, 1.54) is 12.1 Å². The lowest BCUT2D eigenvalue weighted by Gasteiger charge is -2.21. The Hall–Kier alpha value is -0.970. The van der Waals surface area contributed by atoms with Crippen LogP contribution >= 0.6 is 27.5 Å². The molecule has 0 aliphatic heterocycles. The highest BCUT2D eigenvalue weighted by atomic mass is 79.9. The molecular weight excluding hydrogens is 360 g/mol. The zero-order chi connectivity index (χ0) is 15.6. The second-order valence-electron chi connectivity index (χ2n) is 4.79. The Kier molecular flexibility index (Phi) is 5.36. The number of aryl methyl sites for hydroxylation is 1. The van der Waals surface area contributed by atoms with Gasteiger partial charge >= 0.3 is 0 Å². The van der Waals surface area contributed by atoms with Crippen molar-refractivity contribution in [3.05, 3.63) is 68.2 Å². The molecule has 1 unspecified atom stereocenters. The molecule has 112 valence electrons. The molecule has 0 aliphatic rings. The summed E-state index contributed by atoms with van der Waals surface area (Å²) in [6, 6.07) is 7.34. The van der Waals surface area contributed by atoms with Crippen molar-refractivity contribution in [3.63, 3.8) is 0 Å². The van der Waals surface area contributed by atoms with Crippen LogP contribution in [0.5, 0.6) is 0 Å². The lowest BCUT2D eigenvalue weighted by Crippen LogP contribution is -2.23. The van der Waals surface area contributed by atoms with Gasteiger partial charge in [-0.15, -0.1) is 0 Å². The third-order valence-electron chi connectivity index (χ3n) is 3.27. The summed E-state index contributed by atoms with van der Waals surface area (Å²) >= 11 is 9.28. The van der Waals surface area contributed by atoms with Gasteiger partial charge in [0.1, 0.15) is 11.6 Å². The summed E-state index contributed by atoms with van der Waals surface area (Å²) in [5.74, 6) is -0.637. The molecule has 2 aromatic carbocycles. The molecule has 0 aromatic heterocycles. The van der Waals surface area contributed by atoms with Gasteiger partial charge in [-0.05, 0) is 58.7 Å². The van der Waals surface area contributed by atoms with Crippen molar-refractivity contribution in [3.8, 4) is 0 Å². The first kappa shape index (κ1) is 16.4. The molecule has 0 bridgehead atoms. The minimum Gasteiger partial charge on any atom is -0.306 e. The van der Waals surface area contributed by atoms with Crippen molar-refractivity contribution in [1.82, 2.24) is 5.32 Å². The van der Waals surface area contributed by atoms with E-state index in [1.807, 2.05) is 6.92 Å². The van der Waals surface area contributed by atoms with Gasteiger partial charge in [0.25, 0.3) is 0 Å². The quantitative estimate of drug-likeness (QED) is 0.708. The van der Waals surface area contributed by atoms with E-state index in [4.69, 9.17) is 11.6 Å². The van der Waals surface area contributed by atoms with Gasteiger partial charge < -0.3 is 5.32 Å². The standard InChI is InChI=1S/C16H15BrClF2N/c1-3-21-16(10-4-5-14(19)9(2)6-10)11-7-13(18)12(17)8-15(11)20/h4-8,16,21H,3H2,1-2H3. The highest BCUT2D eigenvalue weighted by Gasteiger charge is 2.19. The first-order valence-corrected chi connectivity index (χ1v) is 7.75. The van der Waals surface area contributed by atoms with Crippen LogP contribution in [0.15, 0.2) is 34.8 Å². The monoisotopic (exact) mass is 373 g/mol. The van der Waals surface area contributed by atoms with E-state index in [-0.39, 0.29) is 17.7 Å². The van der Waals surface area contributed by atoms with E-state index in [9.17, 15) is 8.78 Å². The fourth-order valence-electron chi connectivity index (χ4n) is 2.22. The third kappa shape index (κ3) is 3.62.